The van der Waals surface area contributed by atoms with E-state index < -0.39 is 15.9 Å². The van der Waals surface area contributed by atoms with Crippen molar-refractivity contribution in [2.24, 2.45) is 0 Å². The van der Waals surface area contributed by atoms with E-state index >= 15 is 0 Å². The summed E-state index contributed by atoms with van der Waals surface area (Å²) >= 11 is 12.2. The van der Waals surface area contributed by atoms with Gasteiger partial charge in [-0.3, -0.25) is 9.78 Å². The number of pyridine rings is 1. The van der Waals surface area contributed by atoms with Gasteiger partial charge < -0.3 is 5.32 Å². The van der Waals surface area contributed by atoms with Crippen molar-refractivity contribution in [2.45, 2.75) is 43.2 Å². The number of hydrogen-bond donors (Lipinski definition) is 2. The number of carbonyl (C=O) groups excluding carboxylic acids is 1. The highest BCUT2D eigenvalue weighted by atomic mass is 35.5. The minimum atomic E-state index is -3.84. The van der Waals surface area contributed by atoms with Gasteiger partial charge in [0.25, 0.3) is 5.91 Å². The number of carbonyl (C=O) groups is 1. The van der Waals surface area contributed by atoms with Crippen LogP contribution < -0.4 is 10.0 Å². The molecule has 6 nitrogen and oxygen atoms in total. The van der Waals surface area contributed by atoms with Gasteiger partial charge in [-0.25, -0.2) is 13.1 Å². The highest BCUT2D eigenvalue weighted by molar-refractivity contribution is 7.89. The summed E-state index contributed by atoms with van der Waals surface area (Å²) in [6.45, 7) is 0.244. The van der Waals surface area contributed by atoms with Gasteiger partial charge in [0, 0.05) is 25.0 Å². The Morgan fingerprint density at radius 2 is 1.93 bits per heavy atom. The number of rotatable bonds is 6. The van der Waals surface area contributed by atoms with Crippen LogP contribution in [0.3, 0.4) is 0 Å². The van der Waals surface area contributed by atoms with Crippen LogP contribution in [0.4, 0.5) is 0 Å². The van der Waals surface area contributed by atoms with E-state index in [1.54, 1.807) is 18.5 Å². The Balaban J connectivity index is 1.81. The Labute approximate surface area is 168 Å². The van der Waals surface area contributed by atoms with Gasteiger partial charge in [-0.1, -0.05) is 42.1 Å². The molecule has 0 spiro atoms. The molecule has 1 fully saturated rings. The molecule has 9 heteroatoms. The third kappa shape index (κ3) is 4.99. The summed E-state index contributed by atoms with van der Waals surface area (Å²) in [7, 11) is -3.84. The molecule has 1 aromatic heterocycles. The first-order valence-electron chi connectivity index (χ1n) is 8.55. The van der Waals surface area contributed by atoms with Gasteiger partial charge in [-0.15, -0.1) is 0 Å². The van der Waals surface area contributed by atoms with Crippen LogP contribution in [0, 0.1) is 0 Å². The molecule has 2 aromatic rings. The second kappa shape index (κ2) is 8.56. The maximum atomic E-state index is 12.7. The van der Waals surface area contributed by atoms with Gasteiger partial charge in [0.15, 0.2) is 0 Å². The van der Waals surface area contributed by atoms with E-state index in [1.807, 2.05) is 6.07 Å². The number of aromatic nitrogens is 1. The van der Waals surface area contributed by atoms with E-state index in [0.29, 0.717) is 0 Å². The van der Waals surface area contributed by atoms with Crippen molar-refractivity contribution in [2.75, 3.05) is 0 Å². The van der Waals surface area contributed by atoms with Gasteiger partial charge >= 0.3 is 0 Å². The SMILES string of the molecule is O=C(NCc1cccnc1)c1cc(S(=O)(=O)NC2CCCC2)c(Cl)cc1Cl. The number of hydrogen-bond acceptors (Lipinski definition) is 4. The average Bonchev–Trinajstić information content (AvgIpc) is 3.12. The minimum absolute atomic E-state index is 0.0192. The Bertz CT molecular complexity index is 930. The minimum Gasteiger partial charge on any atom is -0.348 e. The monoisotopic (exact) mass is 427 g/mol. The molecule has 27 heavy (non-hydrogen) atoms. The molecule has 1 saturated carbocycles. The smallest absolute Gasteiger partial charge is 0.253 e. The second-order valence-corrected chi connectivity index (χ2v) is 8.91. The average molecular weight is 428 g/mol. The molecule has 1 amide bonds. The van der Waals surface area contributed by atoms with Crippen LogP contribution in [0.25, 0.3) is 0 Å². The maximum absolute atomic E-state index is 12.7. The molecular weight excluding hydrogens is 409 g/mol. The van der Waals surface area contributed by atoms with Gasteiger partial charge in [-0.2, -0.15) is 0 Å². The van der Waals surface area contributed by atoms with Crippen molar-refractivity contribution in [3.8, 4) is 0 Å². The molecule has 0 aliphatic heterocycles. The summed E-state index contributed by atoms with van der Waals surface area (Å²) in [6, 6.07) is 5.98. The molecule has 1 heterocycles. The van der Waals surface area contributed by atoms with Crippen LogP contribution in [0.15, 0.2) is 41.6 Å². The van der Waals surface area contributed by atoms with Gasteiger partial charge in [0.2, 0.25) is 10.0 Å². The molecular formula is C18H19Cl2N3O3S. The normalized spacial score (nSPS) is 15.0. The number of halogens is 2. The molecule has 0 atom stereocenters. The Morgan fingerprint density at radius 1 is 1.19 bits per heavy atom. The fourth-order valence-electron chi connectivity index (χ4n) is 3.02. The Kier molecular flexibility index (Phi) is 6.37. The Hall–Kier alpha value is -1.67. The van der Waals surface area contributed by atoms with Crippen LogP contribution in [-0.2, 0) is 16.6 Å². The zero-order valence-electron chi connectivity index (χ0n) is 14.4. The zero-order chi connectivity index (χ0) is 19.4. The quantitative estimate of drug-likeness (QED) is 0.737. The molecule has 1 aromatic carbocycles. The third-order valence-corrected chi connectivity index (χ3v) is 6.71. The number of amides is 1. The second-order valence-electron chi connectivity index (χ2n) is 6.41. The summed E-state index contributed by atoms with van der Waals surface area (Å²) in [5.74, 6) is -0.488. The lowest BCUT2D eigenvalue weighted by atomic mass is 10.2. The van der Waals surface area contributed by atoms with Gasteiger partial charge in [0.1, 0.15) is 4.90 Å². The first kappa shape index (κ1) is 20.1. The fraction of sp³-hybridized carbons (Fsp3) is 0.333. The third-order valence-electron chi connectivity index (χ3n) is 4.41. The van der Waals surface area contributed by atoms with Crippen molar-refractivity contribution < 1.29 is 13.2 Å². The lowest BCUT2D eigenvalue weighted by Crippen LogP contribution is -2.33. The summed E-state index contributed by atoms with van der Waals surface area (Å²) in [5.41, 5.74) is 0.864. The van der Waals surface area contributed by atoms with E-state index in [9.17, 15) is 13.2 Å². The molecule has 1 aliphatic rings. The predicted molar refractivity (Wildman–Crippen MR) is 104 cm³/mol. The zero-order valence-corrected chi connectivity index (χ0v) is 16.7. The number of nitrogens with one attached hydrogen (secondary N) is 2. The Morgan fingerprint density at radius 3 is 2.59 bits per heavy atom. The largest absolute Gasteiger partial charge is 0.348 e. The van der Waals surface area contributed by atoms with Crippen LogP contribution in [0.5, 0.6) is 0 Å². The molecule has 144 valence electrons. The van der Waals surface area contributed by atoms with Crippen LogP contribution >= 0.6 is 23.2 Å². The molecule has 0 unspecified atom stereocenters. The van der Waals surface area contributed by atoms with Gasteiger partial charge in [-0.05, 0) is 36.6 Å². The lowest BCUT2D eigenvalue weighted by molar-refractivity contribution is 0.0951. The van der Waals surface area contributed by atoms with E-state index in [2.05, 4.69) is 15.0 Å². The lowest BCUT2D eigenvalue weighted by Gasteiger charge is -2.15. The predicted octanol–water partition coefficient (Wildman–Crippen LogP) is 3.54. The molecule has 3 rings (SSSR count). The van der Waals surface area contributed by atoms with E-state index in [-0.39, 0.29) is 33.1 Å². The summed E-state index contributed by atoms with van der Waals surface area (Å²) < 4.78 is 28.1. The van der Waals surface area contributed by atoms with Crippen molar-refractivity contribution in [1.82, 2.24) is 15.0 Å². The molecule has 0 radical (unpaired) electrons. The first-order valence-corrected chi connectivity index (χ1v) is 10.8. The number of nitrogens with zero attached hydrogens (tertiary/aromatic N) is 1. The van der Waals surface area contributed by atoms with Crippen molar-refractivity contribution >= 4 is 39.1 Å². The standard InChI is InChI=1S/C18H19Cl2N3O3S/c19-15-9-16(20)17(27(25,26)23-13-5-1-2-6-13)8-14(15)18(24)22-11-12-4-3-7-21-10-12/h3-4,7-10,13,23H,1-2,5-6,11H2,(H,22,24). The molecule has 1 aliphatic carbocycles. The molecule has 2 N–H and O–H groups in total. The van der Waals surface area contributed by atoms with Crippen molar-refractivity contribution in [1.29, 1.82) is 0 Å². The molecule has 0 bridgehead atoms. The topological polar surface area (TPSA) is 88.2 Å². The van der Waals surface area contributed by atoms with E-state index in [0.717, 1.165) is 31.2 Å². The highest BCUT2D eigenvalue weighted by Gasteiger charge is 2.26. The van der Waals surface area contributed by atoms with Crippen LogP contribution in [-0.4, -0.2) is 25.4 Å². The van der Waals surface area contributed by atoms with E-state index in [1.165, 1.54) is 12.1 Å². The number of sulfonamides is 1. The van der Waals surface area contributed by atoms with Crippen molar-refractivity contribution in [3.63, 3.8) is 0 Å². The first-order chi connectivity index (χ1) is 12.9. The molecule has 0 saturated heterocycles. The van der Waals surface area contributed by atoms with Crippen molar-refractivity contribution in [3.05, 3.63) is 57.8 Å². The van der Waals surface area contributed by atoms with E-state index in [4.69, 9.17) is 23.2 Å². The fourth-order valence-corrected chi connectivity index (χ4v) is 5.18. The van der Waals surface area contributed by atoms with Crippen LogP contribution in [0.1, 0.15) is 41.6 Å². The number of benzene rings is 1. The summed E-state index contributed by atoms with van der Waals surface area (Å²) in [5, 5.41) is 2.77. The van der Waals surface area contributed by atoms with Gasteiger partial charge in [0.05, 0.1) is 15.6 Å². The van der Waals surface area contributed by atoms with Crippen LogP contribution in [0.2, 0.25) is 10.0 Å². The highest BCUT2D eigenvalue weighted by Crippen LogP contribution is 2.30. The summed E-state index contributed by atoms with van der Waals surface area (Å²) in [6.07, 6.45) is 6.83. The summed E-state index contributed by atoms with van der Waals surface area (Å²) in [4.78, 5) is 16.3. The maximum Gasteiger partial charge on any atom is 0.253 e.